The Morgan fingerprint density at radius 3 is 1.91 bits per heavy atom. The van der Waals surface area contributed by atoms with Gasteiger partial charge in [0.05, 0.1) is 27.8 Å². The Hall–Kier alpha value is -7.30. The standard InChI is InChI=1S/C50H32N4/c1-3-14-38(15-4-1)53-31-30-36-26-28-42-44-32-37(27-29-46(44)54(49(42)48(36)53)39-16-5-2-6-17-39)50-51-45-21-10-9-19-43(45)47(52-50)35-24-22-34(23-25-35)41-20-11-13-33-12-7-8-18-40(33)41/h1-32H. The number of hydrogen-bond acceptors (Lipinski definition) is 2. The summed E-state index contributed by atoms with van der Waals surface area (Å²) < 4.78 is 4.71. The molecule has 252 valence electrons. The van der Waals surface area contributed by atoms with Crippen molar-refractivity contribution in [3.63, 3.8) is 0 Å². The molecule has 3 heterocycles. The maximum absolute atomic E-state index is 5.32. The second kappa shape index (κ2) is 12.1. The van der Waals surface area contributed by atoms with Gasteiger partial charge in [-0.05, 0) is 76.5 Å². The van der Waals surface area contributed by atoms with Gasteiger partial charge in [0.2, 0.25) is 0 Å². The summed E-state index contributed by atoms with van der Waals surface area (Å²) in [5.74, 6) is 0.707. The van der Waals surface area contributed by atoms with Crippen molar-refractivity contribution in [1.82, 2.24) is 19.1 Å². The molecule has 0 aliphatic rings. The molecule has 0 fully saturated rings. The topological polar surface area (TPSA) is 35.6 Å². The maximum atomic E-state index is 5.32. The normalized spacial score (nSPS) is 11.7. The summed E-state index contributed by atoms with van der Waals surface area (Å²) in [4.78, 5) is 10.5. The van der Waals surface area contributed by atoms with Crippen molar-refractivity contribution in [1.29, 1.82) is 0 Å². The largest absolute Gasteiger partial charge is 0.315 e. The van der Waals surface area contributed by atoms with Gasteiger partial charge in [0.15, 0.2) is 5.82 Å². The zero-order valence-corrected chi connectivity index (χ0v) is 29.3. The van der Waals surface area contributed by atoms with Crippen LogP contribution in [0.4, 0.5) is 0 Å². The molecule has 0 N–H and O–H groups in total. The Morgan fingerprint density at radius 2 is 1.07 bits per heavy atom. The Kier molecular flexibility index (Phi) is 6.82. The van der Waals surface area contributed by atoms with Gasteiger partial charge in [-0.15, -0.1) is 0 Å². The second-order valence-corrected chi connectivity index (χ2v) is 13.8. The van der Waals surface area contributed by atoms with E-state index in [4.69, 9.17) is 9.97 Å². The number of nitrogens with zero attached hydrogens (tertiary/aromatic N) is 4. The Bertz CT molecular complexity index is 3190. The molecule has 8 aromatic carbocycles. The van der Waals surface area contributed by atoms with Crippen LogP contribution in [0.2, 0.25) is 0 Å². The van der Waals surface area contributed by atoms with Crippen LogP contribution in [0.25, 0.3) is 99.5 Å². The highest BCUT2D eigenvalue weighted by atomic mass is 15.0. The van der Waals surface area contributed by atoms with E-state index in [1.54, 1.807) is 0 Å². The summed E-state index contributed by atoms with van der Waals surface area (Å²) >= 11 is 0. The van der Waals surface area contributed by atoms with Gasteiger partial charge >= 0.3 is 0 Å². The molecule has 4 heteroatoms. The SMILES string of the molecule is c1ccc(-n2ccc3ccc4c5cc(-c6nc(-c7ccc(-c8cccc9ccccc89)cc7)c7ccccc7n6)ccc5n(-c5ccccc5)c4c32)cc1. The van der Waals surface area contributed by atoms with Crippen LogP contribution in [-0.2, 0) is 0 Å². The molecule has 0 aliphatic heterocycles. The minimum atomic E-state index is 0.707. The van der Waals surface area contributed by atoms with E-state index in [1.807, 2.05) is 0 Å². The fourth-order valence-corrected chi connectivity index (χ4v) is 8.22. The third kappa shape index (κ3) is 4.78. The van der Waals surface area contributed by atoms with Crippen molar-refractivity contribution in [3.8, 4) is 45.1 Å². The van der Waals surface area contributed by atoms with Crippen LogP contribution in [0.1, 0.15) is 0 Å². The van der Waals surface area contributed by atoms with Crippen molar-refractivity contribution >= 4 is 54.4 Å². The lowest BCUT2D eigenvalue weighted by atomic mass is 9.96. The molecule has 0 atom stereocenters. The van der Waals surface area contributed by atoms with E-state index in [9.17, 15) is 0 Å². The summed E-state index contributed by atoms with van der Waals surface area (Å²) in [6, 6.07) is 66.8. The first-order valence-electron chi connectivity index (χ1n) is 18.3. The smallest absolute Gasteiger partial charge is 0.160 e. The van der Waals surface area contributed by atoms with Gasteiger partial charge in [-0.3, -0.25) is 0 Å². The first-order chi connectivity index (χ1) is 26.8. The van der Waals surface area contributed by atoms with E-state index < -0.39 is 0 Å². The molecular formula is C50H32N4. The minimum Gasteiger partial charge on any atom is -0.315 e. The second-order valence-electron chi connectivity index (χ2n) is 13.8. The lowest BCUT2D eigenvalue weighted by Crippen LogP contribution is -1.98. The molecule has 0 saturated carbocycles. The summed E-state index contributed by atoms with van der Waals surface area (Å²) in [6.45, 7) is 0. The molecule has 11 aromatic rings. The summed E-state index contributed by atoms with van der Waals surface area (Å²) in [5, 5.41) is 7.06. The van der Waals surface area contributed by atoms with Crippen LogP contribution in [0, 0.1) is 0 Å². The molecule has 0 aliphatic carbocycles. The van der Waals surface area contributed by atoms with E-state index in [1.165, 1.54) is 43.7 Å². The molecule has 0 spiro atoms. The van der Waals surface area contributed by atoms with Gasteiger partial charge in [-0.1, -0.05) is 133 Å². The van der Waals surface area contributed by atoms with Gasteiger partial charge in [-0.2, -0.15) is 0 Å². The van der Waals surface area contributed by atoms with E-state index in [-0.39, 0.29) is 0 Å². The molecule has 0 radical (unpaired) electrons. The van der Waals surface area contributed by atoms with Crippen molar-refractivity contribution < 1.29 is 0 Å². The van der Waals surface area contributed by atoms with Crippen LogP contribution in [0.5, 0.6) is 0 Å². The number of para-hydroxylation sites is 3. The quantitative estimate of drug-likeness (QED) is 0.180. The van der Waals surface area contributed by atoms with Crippen LogP contribution in [0.3, 0.4) is 0 Å². The molecule has 0 unspecified atom stereocenters. The summed E-state index contributed by atoms with van der Waals surface area (Å²) in [5.41, 5.74) is 12.0. The molecule has 0 saturated heterocycles. The Morgan fingerprint density at radius 1 is 0.389 bits per heavy atom. The van der Waals surface area contributed by atoms with Crippen molar-refractivity contribution in [2.75, 3.05) is 0 Å². The van der Waals surface area contributed by atoms with Gasteiger partial charge in [-0.25, -0.2) is 9.97 Å². The van der Waals surface area contributed by atoms with Crippen LogP contribution < -0.4 is 0 Å². The van der Waals surface area contributed by atoms with E-state index >= 15 is 0 Å². The number of aromatic nitrogens is 4. The highest BCUT2D eigenvalue weighted by molar-refractivity contribution is 6.18. The van der Waals surface area contributed by atoms with Gasteiger partial charge in [0, 0.05) is 50.2 Å². The van der Waals surface area contributed by atoms with Gasteiger partial charge < -0.3 is 9.13 Å². The van der Waals surface area contributed by atoms with Crippen molar-refractivity contribution in [3.05, 3.63) is 194 Å². The number of hydrogen-bond donors (Lipinski definition) is 0. The van der Waals surface area contributed by atoms with E-state index in [2.05, 4.69) is 203 Å². The van der Waals surface area contributed by atoms with Crippen LogP contribution in [-0.4, -0.2) is 19.1 Å². The average molecular weight is 689 g/mol. The average Bonchev–Trinajstić information content (AvgIpc) is 3.83. The fraction of sp³-hybridized carbons (Fsp3) is 0. The molecular weight excluding hydrogens is 657 g/mol. The Balaban J connectivity index is 1.10. The predicted octanol–water partition coefficient (Wildman–Crippen LogP) is 12.8. The first-order valence-corrected chi connectivity index (χ1v) is 18.3. The van der Waals surface area contributed by atoms with Crippen LogP contribution >= 0.6 is 0 Å². The molecule has 54 heavy (non-hydrogen) atoms. The first kappa shape index (κ1) is 30.3. The molecule has 11 rings (SSSR count). The third-order valence-corrected chi connectivity index (χ3v) is 10.7. The highest BCUT2D eigenvalue weighted by Gasteiger charge is 2.20. The summed E-state index contributed by atoms with van der Waals surface area (Å²) in [7, 11) is 0. The molecule has 0 amide bonds. The zero-order chi connectivity index (χ0) is 35.6. The summed E-state index contributed by atoms with van der Waals surface area (Å²) in [6.07, 6.45) is 2.18. The minimum absolute atomic E-state index is 0.707. The van der Waals surface area contributed by atoms with Crippen molar-refractivity contribution in [2.45, 2.75) is 0 Å². The third-order valence-electron chi connectivity index (χ3n) is 10.7. The Labute approximate surface area is 311 Å². The lowest BCUT2D eigenvalue weighted by Gasteiger charge is -2.12. The van der Waals surface area contributed by atoms with E-state index in [0.717, 1.165) is 50.0 Å². The maximum Gasteiger partial charge on any atom is 0.160 e. The lowest BCUT2D eigenvalue weighted by molar-refractivity contribution is 1.12. The van der Waals surface area contributed by atoms with Gasteiger partial charge in [0.25, 0.3) is 0 Å². The zero-order valence-electron chi connectivity index (χ0n) is 29.3. The van der Waals surface area contributed by atoms with Gasteiger partial charge in [0.1, 0.15) is 0 Å². The monoisotopic (exact) mass is 688 g/mol. The molecule has 4 nitrogen and oxygen atoms in total. The van der Waals surface area contributed by atoms with E-state index in [0.29, 0.717) is 5.82 Å². The number of rotatable bonds is 5. The van der Waals surface area contributed by atoms with Crippen molar-refractivity contribution in [2.24, 2.45) is 0 Å². The predicted molar refractivity (Wildman–Crippen MR) is 225 cm³/mol. The highest BCUT2D eigenvalue weighted by Crippen LogP contribution is 2.40. The molecule has 3 aromatic heterocycles. The number of fused-ring (bicyclic) bond motifs is 7. The van der Waals surface area contributed by atoms with Crippen LogP contribution in [0.15, 0.2) is 194 Å². The fourth-order valence-electron chi connectivity index (χ4n) is 8.22. The molecule has 0 bridgehead atoms. The number of benzene rings is 8.